The van der Waals surface area contributed by atoms with Gasteiger partial charge in [-0.05, 0) is 36.3 Å². The van der Waals surface area contributed by atoms with Crippen LogP contribution in [0.15, 0.2) is 48.5 Å². The molecule has 0 saturated carbocycles. The second-order valence-electron chi connectivity index (χ2n) is 5.02. The molecule has 21 heavy (non-hydrogen) atoms. The molecule has 1 aromatic heterocycles. The van der Waals surface area contributed by atoms with Gasteiger partial charge < -0.3 is 14.3 Å². The summed E-state index contributed by atoms with van der Waals surface area (Å²) in [6.07, 6.45) is 0.983. The molecule has 0 spiro atoms. The van der Waals surface area contributed by atoms with Crippen molar-refractivity contribution in [1.29, 1.82) is 0 Å². The molecule has 0 amide bonds. The summed E-state index contributed by atoms with van der Waals surface area (Å²) in [6, 6.07) is 16.7. The number of methoxy groups -OCH3 is 1. The molecule has 0 aliphatic carbocycles. The molecule has 3 rings (SSSR count). The van der Waals surface area contributed by atoms with E-state index in [1.807, 2.05) is 18.2 Å². The van der Waals surface area contributed by atoms with Gasteiger partial charge in [0.15, 0.2) is 4.77 Å². The summed E-state index contributed by atoms with van der Waals surface area (Å²) in [6.45, 7) is 2.18. The first kappa shape index (κ1) is 13.9. The maximum Gasteiger partial charge on any atom is 0.178 e. The quantitative estimate of drug-likeness (QED) is 0.707. The molecule has 1 atom stereocenters. The van der Waals surface area contributed by atoms with Crippen molar-refractivity contribution >= 4 is 23.3 Å². The largest absolute Gasteiger partial charge is 0.497 e. The van der Waals surface area contributed by atoms with Crippen molar-refractivity contribution in [2.75, 3.05) is 7.11 Å². The maximum absolute atomic E-state index is 5.54. The van der Waals surface area contributed by atoms with Gasteiger partial charge >= 0.3 is 0 Å². The Morgan fingerprint density at radius 3 is 2.62 bits per heavy atom. The zero-order valence-electron chi connectivity index (χ0n) is 12.2. The first-order valence-electron chi connectivity index (χ1n) is 7.07. The van der Waals surface area contributed by atoms with Gasteiger partial charge in [-0.3, -0.25) is 0 Å². The molecule has 108 valence electrons. The Balaban J connectivity index is 2.19. The summed E-state index contributed by atoms with van der Waals surface area (Å²) in [5, 5.41) is 0. The van der Waals surface area contributed by atoms with Crippen LogP contribution in [-0.2, 0) is 0 Å². The molecule has 1 heterocycles. The Hall–Kier alpha value is -2.07. The summed E-state index contributed by atoms with van der Waals surface area (Å²) in [5.74, 6) is 0.832. The van der Waals surface area contributed by atoms with Crippen LogP contribution in [0.4, 0.5) is 0 Å². The lowest BCUT2D eigenvalue weighted by atomic mass is 10.0. The minimum atomic E-state index is 0.237. The van der Waals surface area contributed by atoms with Crippen LogP contribution in [0.1, 0.15) is 24.9 Å². The number of nitrogens with zero attached hydrogens (tertiary/aromatic N) is 1. The van der Waals surface area contributed by atoms with Crippen molar-refractivity contribution in [1.82, 2.24) is 9.55 Å². The second kappa shape index (κ2) is 5.74. The molecular formula is C17H18N2OS. The van der Waals surface area contributed by atoms with E-state index in [1.54, 1.807) is 7.11 Å². The molecule has 3 nitrogen and oxygen atoms in total. The third-order valence-electron chi connectivity index (χ3n) is 3.81. The van der Waals surface area contributed by atoms with Crippen molar-refractivity contribution in [2.24, 2.45) is 0 Å². The fraction of sp³-hybridized carbons (Fsp3) is 0.235. The maximum atomic E-state index is 5.54. The van der Waals surface area contributed by atoms with E-state index in [1.165, 1.54) is 5.56 Å². The minimum absolute atomic E-state index is 0.237. The molecular weight excluding hydrogens is 280 g/mol. The molecule has 0 bridgehead atoms. The fourth-order valence-electron chi connectivity index (χ4n) is 2.79. The van der Waals surface area contributed by atoms with E-state index in [2.05, 4.69) is 46.8 Å². The highest BCUT2D eigenvalue weighted by Gasteiger charge is 2.16. The molecule has 0 saturated heterocycles. The van der Waals surface area contributed by atoms with Gasteiger partial charge in [-0.2, -0.15) is 0 Å². The second-order valence-corrected chi connectivity index (χ2v) is 5.40. The number of hydrogen-bond acceptors (Lipinski definition) is 2. The Labute approximate surface area is 129 Å². The van der Waals surface area contributed by atoms with Crippen LogP contribution < -0.4 is 4.74 Å². The summed E-state index contributed by atoms with van der Waals surface area (Å²) in [4.78, 5) is 3.28. The number of hydrogen-bond donors (Lipinski definition) is 1. The Bertz CT molecular complexity index is 805. The topological polar surface area (TPSA) is 29.9 Å². The highest BCUT2D eigenvalue weighted by molar-refractivity contribution is 7.71. The van der Waals surface area contributed by atoms with Crippen LogP contribution in [0.3, 0.4) is 0 Å². The summed E-state index contributed by atoms with van der Waals surface area (Å²) in [7, 11) is 1.67. The van der Waals surface area contributed by atoms with E-state index in [4.69, 9.17) is 17.0 Å². The van der Waals surface area contributed by atoms with Gasteiger partial charge in [-0.15, -0.1) is 0 Å². The molecule has 2 aromatic carbocycles. The van der Waals surface area contributed by atoms with E-state index in [-0.39, 0.29) is 6.04 Å². The lowest BCUT2D eigenvalue weighted by Crippen LogP contribution is -2.09. The van der Waals surface area contributed by atoms with E-state index < -0.39 is 0 Å². The van der Waals surface area contributed by atoms with Crippen LogP contribution in [0.5, 0.6) is 5.75 Å². The smallest absolute Gasteiger partial charge is 0.178 e. The van der Waals surface area contributed by atoms with Gasteiger partial charge in [-0.1, -0.05) is 37.3 Å². The summed E-state index contributed by atoms with van der Waals surface area (Å²) >= 11 is 5.54. The highest BCUT2D eigenvalue weighted by Crippen LogP contribution is 2.28. The third-order valence-corrected chi connectivity index (χ3v) is 4.11. The van der Waals surface area contributed by atoms with Gasteiger partial charge in [0.25, 0.3) is 0 Å². The van der Waals surface area contributed by atoms with Crippen molar-refractivity contribution < 1.29 is 4.74 Å². The van der Waals surface area contributed by atoms with Crippen LogP contribution in [-0.4, -0.2) is 16.7 Å². The molecule has 0 radical (unpaired) electrons. The zero-order valence-corrected chi connectivity index (χ0v) is 13.0. The number of aromatic amines is 1. The van der Waals surface area contributed by atoms with E-state index >= 15 is 0 Å². The van der Waals surface area contributed by atoms with Gasteiger partial charge in [0, 0.05) is 6.07 Å². The first-order chi connectivity index (χ1) is 10.2. The van der Waals surface area contributed by atoms with Crippen molar-refractivity contribution in [3.05, 3.63) is 58.9 Å². The number of H-pyrrole nitrogens is 1. The Morgan fingerprint density at radius 2 is 1.95 bits per heavy atom. The molecule has 1 unspecified atom stereocenters. The van der Waals surface area contributed by atoms with Crippen LogP contribution in [0.25, 0.3) is 11.0 Å². The number of rotatable bonds is 4. The zero-order chi connectivity index (χ0) is 14.8. The Morgan fingerprint density at radius 1 is 1.19 bits per heavy atom. The van der Waals surface area contributed by atoms with E-state index in [0.29, 0.717) is 0 Å². The molecule has 3 aromatic rings. The van der Waals surface area contributed by atoms with Gasteiger partial charge in [0.05, 0.1) is 24.2 Å². The normalized spacial score (nSPS) is 12.5. The average molecular weight is 298 g/mol. The molecule has 0 fully saturated rings. The van der Waals surface area contributed by atoms with Gasteiger partial charge in [0.1, 0.15) is 5.75 Å². The first-order valence-corrected chi connectivity index (χ1v) is 7.48. The van der Waals surface area contributed by atoms with Crippen molar-refractivity contribution in [2.45, 2.75) is 19.4 Å². The van der Waals surface area contributed by atoms with Crippen LogP contribution in [0.2, 0.25) is 0 Å². The number of fused-ring (bicyclic) bond motifs is 1. The van der Waals surface area contributed by atoms with Crippen LogP contribution in [0, 0.1) is 4.77 Å². The highest BCUT2D eigenvalue weighted by atomic mass is 32.1. The SMILES string of the molecule is CCC(c1ccccc1)n1c(=S)[nH]c2cc(OC)ccc21. The lowest BCUT2D eigenvalue weighted by Gasteiger charge is -2.18. The average Bonchev–Trinajstić information content (AvgIpc) is 2.85. The number of aromatic nitrogens is 2. The molecule has 0 aliphatic rings. The van der Waals surface area contributed by atoms with Crippen molar-refractivity contribution in [3.8, 4) is 5.75 Å². The molecule has 4 heteroatoms. The molecule has 1 N–H and O–H groups in total. The predicted molar refractivity (Wildman–Crippen MR) is 88.5 cm³/mol. The van der Waals surface area contributed by atoms with E-state index in [0.717, 1.165) is 28.0 Å². The number of ether oxygens (including phenoxy) is 1. The molecule has 0 aliphatic heterocycles. The van der Waals surface area contributed by atoms with Gasteiger partial charge in [-0.25, -0.2) is 0 Å². The van der Waals surface area contributed by atoms with Crippen LogP contribution >= 0.6 is 12.2 Å². The fourth-order valence-corrected chi connectivity index (χ4v) is 3.12. The number of nitrogens with one attached hydrogen (secondary N) is 1. The Kier molecular flexibility index (Phi) is 3.80. The lowest BCUT2D eigenvalue weighted by molar-refractivity contribution is 0.415. The minimum Gasteiger partial charge on any atom is -0.497 e. The number of imidazole rings is 1. The summed E-state index contributed by atoms with van der Waals surface area (Å²) in [5.41, 5.74) is 3.39. The number of benzene rings is 2. The standard InChI is InChI=1S/C17H18N2OS/c1-3-15(12-7-5-4-6-8-12)19-16-10-9-13(20-2)11-14(16)18-17(19)21/h4-11,15H,3H2,1-2H3,(H,18,21). The van der Waals surface area contributed by atoms with E-state index in [9.17, 15) is 0 Å². The predicted octanol–water partition coefficient (Wildman–Crippen LogP) is 4.71. The van der Waals surface area contributed by atoms with Crippen molar-refractivity contribution in [3.63, 3.8) is 0 Å². The third kappa shape index (κ3) is 2.47. The summed E-state index contributed by atoms with van der Waals surface area (Å²) < 4.78 is 8.22. The monoisotopic (exact) mass is 298 g/mol. The van der Waals surface area contributed by atoms with Gasteiger partial charge in [0.2, 0.25) is 0 Å².